The van der Waals surface area contributed by atoms with Crippen molar-refractivity contribution >= 4 is 10.0 Å². The topological polar surface area (TPSA) is 59.1 Å². The van der Waals surface area contributed by atoms with Crippen LogP contribution < -0.4 is 9.47 Å². The van der Waals surface area contributed by atoms with E-state index in [0.29, 0.717) is 23.0 Å². The van der Waals surface area contributed by atoms with E-state index in [2.05, 4.69) is 11.8 Å². The molecule has 4 rings (SSSR count). The first-order valence-corrected chi connectivity index (χ1v) is 12.7. The molecule has 2 fully saturated rings. The summed E-state index contributed by atoms with van der Waals surface area (Å²) in [6, 6.07) is 14.4. The monoisotopic (exact) mass is 444 g/mol. The van der Waals surface area contributed by atoms with Crippen LogP contribution in [-0.2, 0) is 10.0 Å². The van der Waals surface area contributed by atoms with Gasteiger partial charge in [-0.3, -0.25) is 0 Å². The van der Waals surface area contributed by atoms with Gasteiger partial charge in [0.2, 0.25) is 10.0 Å². The van der Waals surface area contributed by atoms with Crippen molar-refractivity contribution in [2.24, 2.45) is 0 Å². The minimum atomic E-state index is -3.52. The van der Waals surface area contributed by atoms with E-state index < -0.39 is 10.0 Å². The molecule has 6 nitrogen and oxygen atoms in total. The van der Waals surface area contributed by atoms with Crippen LogP contribution in [0.15, 0.2) is 53.4 Å². The summed E-state index contributed by atoms with van der Waals surface area (Å²) in [5.41, 5.74) is 0. The number of likely N-dealkylation sites (tertiary alicyclic amines) is 1. The molecule has 1 aliphatic heterocycles. The quantitative estimate of drug-likeness (QED) is 0.569. The Labute approximate surface area is 185 Å². The summed E-state index contributed by atoms with van der Waals surface area (Å²) in [6.07, 6.45) is 3.74. The number of ether oxygens (including phenoxy) is 2. The Balaban J connectivity index is 1.46. The maximum Gasteiger partial charge on any atom is 0.243 e. The molecule has 1 saturated heterocycles. The van der Waals surface area contributed by atoms with Crippen molar-refractivity contribution in [3.05, 3.63) is 48.5 Å². The van der Waals surface area contributed by atoms with Crippen LogP contribution >= 0.6 is 0 Å². The van der Waals surface area contributed by atoms with Gasteiger partial charge < -0.3 is 14.4 Å². The zero-order chi connectivity index (χ0) is 21.8. The predicted octanol–water partition coefficient (Wildman–Crippen LogP) is 4.52. The number of hydrogen-bond acceptors (Lipinski definition) is 5. The molecule has 0 N–H and O–H groups in total. The van der Waals surface area contributed by atoms with Crippen LogP contribution in [0.2, 0.25) is 0 Å². The number of benzene rings is 2. The highest BCUT2D eigenvalue weighted by molar-refractivity contribution is 7.89. The van der Waals surface area contributed by atoms with Gasteiger partial charge >= 0.3 is 0 Å². The first-order chi connectivity index (χ1) is 15.0. The van der Waals surface area contributed by atoms with Gasteiger partial charge in [0.05, 0.1) is 11.5 Å². The molecule has 168 valence electrons. The van der Waals surface area contributed by atoms with Crippen LogP contribution in [0.4, 0.5) is 0 Å². The molecule has 0 unspecified atom stereocenters. The Morgan fingerprint density at radius 2 is 1.35 bits per heavy atom. The molecule has 31 heavy (non-hydrogen) atoms. The summed E-state index contributed by atoms with van der Waals surface area (Å²) in [4.78, 5) is 2.73. The van der Waals surface area contributed by atoms with E-state index in [1.54, 1.807) is 24.3 Å². The zero-order valence-electron chi connectivity index (χ0n) is 18.4. The molecule has 1 aliphatic carbocycles. The van der Waals surface area contributed by atoms with Gasteiger partial charge in [-0.2, -0.15) is 4.31 Å². The van der Waals surface area contributed by atoms with Crippen molar-refractivity contribution in [3.8, 4) is 17.2 Å². The highest BCUT2D eigenvalue weighted by Crippen LogP contribution is 2.37. The third-order valence-corrected chi connectivity index (χ3v) is 8.06. The largest absolute Gasteiger partial charge is 0.494 e. The number of sulfonamides is 1. The third kappa shape index (κ3) is 5.22. The summed E-state index contributed by atoms with van der Waals surface area (Å²) < 4.78 is 40.1. The second-order valence-corrected chi connectivity index (χ2v) is 10.1. The molecule has 7 heteroatoms. The molecular weight excluding hydrogens is 412 g/mol. The highest BCUT2D eigenvalue weighted by atomic mass is 32.2. The number of hydrogen-bond donors (Lipinski definition) is 0. The van der Waals surface area contributed by atoms with Crippen LogP contribution in [0.3, 0.4) is 0 Å². The molecule has 2 aromatic rings. The van der Waals surface area contributed by atoms with Gasteiger partial charge in [0.15, 0.2) is 0 Å². The Hall–Kier alpha value is -2.09. The standard InChI is InChI=1S/C24H32N2O4S/c1-3-25-17-15-20(16-18-25)26(19-5-6-19)31(27,28)24-13-11-23(12-14-24)30-22-9-7-21(8-10-22)29-4-2/h7-14,19-20H,3-6,15-18H2,1-2H3. The Morgan fingerprint density at radius 3 is 1.87 bits per heavy atom. The van der Waals surface area contributed by atoms with Gasteiger partial charge in [0, 0.05) is 12.1 Å². The fraction of sp³-hybridized carbons (Fsp3) is 0.500. The van der Waals surface area contributed by atoms with Crippen molar-refractivity contribution in [1.82, 2.24) is 9.21 Å². The number of piperidine rings is 1. The Kier molecular flexibility index (Phi) is 6.84. The van der Waals surface area contributed by atoms with Crippen LogP contribution in [0.25, 0.3) is 0 Å². The third-order valence-electron chi connectivity index (χ3n) is 6.04. The van der Waals surface area contributed by atoms with Crippen LogP contribution in [0, 0.1) is 0 Å². The SMILES string of the molecule is CCOc1ccc(Oc2ccc(S(=O)(=O)N(C3CC3)C3CCN(CC)CC3)cc2)cc1. The van der Waals surface area contributed by atoms with Gasteiger partial charge in [0.25, 0.3) is 0 Å². The maximum atomic E-state index is 13.5. The van der Waals surface area contributed by atoms with E-state index in [1.807, 2.05) is 35.5 Å². The van der Waals surface area contributed by atoms with E-state index >= 15 is 0 Å². The lowest BCUT2D eigenvalue weighted by atomic mass is 10.1. The highest BCUT2D eigenvalue weighted by Gasteiger charge is 2.43. The van der Waals surface area contributed by atoms with Crippen LogP contribution in [0.5, 0.6) is 17.2 Å². The summed E-state index contributed by atoms with van der Waals surface area (Å²) in [6.45, 7) is 7.68. The number of nitrogens with zero attached hydrogens (tertiary/aromatic N) is 2. The van der Waals surface area contributed by atoms with Crippen LogP contribution in [0.1, 0.15) is 39.5 Å². The number of rotatable bonds is 9. The summed E-state index contributed by atoms with van der Waals surface area (Å²) in [5, 5.41) is 0. The molecular formula is C24H32N2O4S. The lowest BCUT2D eigenvalue weighted by Crippen LogP contribution is -2.48. The first kappa shape index (κ1) is 22.1. The molecule has 0 spiro atoms. The Morgan fingerprint density at radius 1 is 0.839 bits per heavy atom. The van der Waals surface area contributed by atoms with Gasteiger partial charge in [-0.05, 0) is 101 Å². The minimum Gasteiger partial charge on any atom is -0.494 e. The smallest absolute Gasteiger partial charge is 0.243 e. The van der Waals surface area contributed by atoms with Crippen molar-refractivity contribution in [2.45, 2.75) is 56.5 Å². The summed E-state index contributed by atoms with van der Waals surface area (Å²) >= 11 is 0. The summed E-state index contributed by atoms with van der Waals surface area (Å²) in [5.74, 6) is 2.08. The molecule has 1 heterocycles. The molecule has 0 radical (unpaired) electrons. The van der Waals surface area contributed by atoms with Crippen molar-refractivity contribution in [1.29, 1.82) is 0 Å². The van der Waals surface area contributed by atoms with Crippen molar-refractivity contribution < 1.29 is 17.9 Å². The zero-order valence-corrected chi connectivity index (χ0v) is 19.2. The van der Waals surface area contributed by atoms with E-state index in [0.717, 1.165) is 51.1 Å². The lowest BCUT2D eigenvalue weighted by molar-refractivity contribution is 0.161. The van der Waals surface area contributed by atoms with Gasteiger partial charge in [-0.25, -0.2) is 8.42 Å². The molecule has 2 aliphatic rings. The molecule has 0 amide bonds. The minimum absolute atomic E-state index is 0.0973. The molecule has 2 aromatic carbocycles. The Bertz CT molecular complexity index is 948. The first-order valence-electron chi connectivity index (χ1n) is 11.3. The molecule has 1 saturated carbocycles. The fourth-order valence-corrected chi connectivity index (χ4v) is 6.15. The molecule has 0 aromatic heterocycles. The van der Waals surface area contributed by atoms with Crippen molar-refractivity contribution in [3.63, 3.8) is 0 Å². The fourth-order valence-electron chi connectivity index (χ4n) is 4.22. The van der Waals surface area contributed by atoms with E-state index in [1.165, 1.54) is 0 Å². The second-order valence-electron chi connectivity index (χ2n) is 8.21. The molecule has 0 atom stereocenters. The van der Waals surface area contributed by atoms with Gasteiger partial charge in [0.1, 0.15) is 17.2 Å². The lowest BCUT2D eigenvalue weighted by Gasteiger charge is -2.37. The normalized spacial score (nSPS) is 18.3. The van der Waals surface area contributed by atoms with E-state index in [-0.39, 0.29) is 12.1 Å². The van der Waals surface area contributed by atoms with Crippen LogP contribution in [-0.4, -0.2) is 55.9 Å². The second kappa shape index (κ2) is 9.59. The maximum absolute atomic E-state index is 13.5. The van der Waals surface area contributed by atoms with E-state index in [9.17, 15) is 8.42 Å². The predicted molar refractivity (Wildman–Crippen MR) is 121 cm³/mol. The van der Waals surface area contributed by atoms with Crippen molar-refractivity contribution in [2.75, 3.05) is 26.2 Å². The molecule has 0 bridgehead atoms. The van der Waals surface area contributed by atoms with Gasteiger partial charge in [-0.1, -0.05) is 6.92 Å². The van der Waals surface area contributed by atoms with Gasteiger partial charge in [-0.15, -0.1) is 0 Å². The average molecular weight is 445 g/mol. The van der Waals surface area contributed by atoms with E-state index in [4.69, 9.17) is 9.47 Å². The summed E-state index contributed by atoms with van der Waals surface area (Å²) in [7, 11) is -3.52. The average Bonchev–Trinajstić information content (AvgIpc) is 3.61.